The lowest BCUT2D eigenvalue weighted by Crippen LogP contribution is -2.44. The number of benzene rings is 2. The highest BCUT2D eigenvalue weighted by molar-refractivity contribution is 5.94. The van der Waals surface area contributed by atoms with Crippen LogP contribution in [-0.4, -0.2) is 54.8 Å². The molecule has 0 saturated carbocycles. The molecule has 0 radical (unpaired) electrons. The molecule has 0 spiro atoms. The Kier molecular flexibility index (Phi) is 9.06. The normalized spacial score (nSPS) is 12.7. The van der Waals surface area contributed by atoms with Gasteiger partial charge in [0.1, 0.15) is 24.4 Å². The minimum Gasteiger partial charge on any atom is -0.457 e. The number of aliphatic hydroxyl groups is 1. The minimum atomic E-state index is -1.52. The predicted octanol–water partition coefficient (Wildman–Crippen LogP) is 1.45. The zero-order valence-corrected chi connectivity index (χ0v) is 15.9. The first-order valence-corrected chi connectivity index (χ1v) is 8.86. The maximum Gasteiger partial charge on any atom is 0.272 e. The SMILES string of the molecule is COCOC[C@H](C[C@H](O)C(=O)NO)NC(=O)c1ccc(Oc2ccccc2)cc1. The van der Waals surface area contributed by atoms with Gasteiger partial charge in [0.25, 0.3) is 11.8 Å². The van der Waals surface area contributed by atoms with Gasteiger partial charge in [-0.3, -0.25) is 14.8 Å². The van der Waals surface area contributed by atoms with Crippen molar-refractivity contribution in [2.45, 2.75) is 18.6 Å². The van der Waals surface area contributed by atoms with Crippen molar-refractivity contribution in [2.24, 2.45) is 0 Å². The van der Waals surface area contributed by atoms with Crippen LogP contribution in [0.15, 0.2) is 54.6 Å². The minimum absolute atomic E-state index is 0.00451. The van der Waals surface area contributed by atoms with Crippen molar-refractivity contribution in [2.75, 3.05) is 20.5 Å². The van der Waals surface area contributed by atoms with Crippen molar-refractivity contribution < 1.29 is 34.1 Å². The van der Waals surface area contributed by atoms with Crippen LogP contribution in [0, 0.1) is 0 Å². The fourth-order valence-electron chi connectivity index (χ4n) is 2.46. The van der Waals surface area contributed by atoms with E-state index in [0.717, 1.165) is 0 Å². The largest absolute Gasteiger partial charge is 0.457 e. The van der Waals surface area contributed by atoms with E-state index >= 15 is 0 Å². The van der Waals surface area contributed by atoms with Gasteiger partial charge in [0.05, 0.1) is 12.6 Å². The first kappa shape index (κ1) is 22.3. The van der Waals surface area contributed by atoms with Crippen molar-refractivity contribution in [1.29, 1.82) is 0 Å². The van der Waals surface area contributed by atoms with Crippen molar-refractivity contribution in [3.05, 3.63) is 60.2 Å². The van der Waals surface area contributed by atoms with E-state index in [1.54, 1.807) is 24.3 Å². The molecular formula is C20H24N2O7. The maximum absolute atomic E-state index is 12.5. The number of para-hydroxylation sites is 1. The van der Waals surface area contributed by atoms with Crippen molar-refractivity contribution in [1.82, 2.24) is 10.8 Å². The van der Waals surface area contributed by atoms with Gasteiger partial charge in [-0.05, 0) is 36.4 Å². The zero-order valence-electron chi connectivity index (χ0n) is 15.9. The molecular weight excluding hydrogens is 380 g/mol. The molecule has 9 nitrogen and oxygen atoms in total. The van der Waals surface area contributed by atoms with Crippen LogP contribution in [-0.2, 0) is 14.3 Å². The average molecular weight is 404 g/mol. The van der Waals surface area contributed by atoms with Crippen LogP contribution in [0.25, 0.3) is 0 Å². The summed E-state index contributed by atoms with van der Waals surface area (Å²) in [5.41, 5.74) is 1.73. The maximum atomic E-state index is 12.5. The summed E-state index contributed by atoms with van der Waals surface area (Å²) in [6, 6.07) is 15.0. The highest BCUT2D eigenvalue weighted by Crippen LogP contribution is 2.21. The number of carbonyl (C=O) groups is 2. The summed E-state index contributed by atoms with van der Waals surface area (Å²) in [4.78, 5) is 23.8. The highest BCUT2D eigenvalue weighted by Gasteiger charge is 2.22. The van der Waals surface area contributed by atoms with Crippen LogP contribution in [0.2, 0.25) is 0 Å². The molecule has 0 aromatic heterocycles. The predicted molar refractivity (Wildman–Crippen MR) is 103 cm³/mol. The Morgan fingerprint density at radius 3 is 2.31 bits per heavy atom. The van der Waals surface area contributed by atoms with Crippen LogP contribution < -0.4 is 15.5 Å². The molecule has 2 atom stereocenters. The Balaban J connectivity index is 1.98. The lowest BCUT2D eigenvalue weighted by molar-refractivity contribution is -0.138. The molecule has 29 heavy (non-hydrogen) atoms. The molecule has 0 saturated heterocycles. The fraction of sp³-hybridized carbons (Fsp3) is 0.300. The number of rotatable bonds is 11. The first-order valence-electron chi connectivity index (χ1n) is 8.86. The summed E-state index contributed by atoms with van der Waals surface area (Å²) in [6.07, 6.45) is -1.67. The number of hydrogen-bond donors (Lipinski definition) is 4. The van der Waals surface area contributed by atoms with Gasteiger partial charge in [0.2, 0.25) is 0 Å². The Hall–Kier alpha value is -2.98. The molecule has 0 heterocycles. The van der Waals surface area contributed by atoms with Crippen LogP contribution in [0.3, 0.4) is 0 Å². The van der Waals surface area contributed by atoms with Gasteiger partial charge in [-0.25, -0.2) is 5.48 Å². The van der Waals surface area contributed by atoms with Crippen molar-refractivity contribution >= 4 is 11.8 Å². The van der Waals surface area contributed by atoms with E-state index < -0.39 is 24.0 Å². The van der Waals surface area contributed by atoms with Crippen LogP contribution in [0.4, 0.5) is 0 Å². The summed E-state index contributed by atoms with van der Waals surface area (Å²) >= 11 is 0. The second kappa shape index (κ2) is 11.8. The third-order valence-electron chi connectivity index (χ3n) is 3.87. The lowest BCUT2D eigenvalue weighted by Gasteiger charge is -2.21. The second-order valence-corrected chi connectivity index (χ2v) is 6.11. The summed E-state index contributed by atoms with van der Waals surface area (Å²) in [5.74, 6) is -0.142. The average Bonchev–Trinajstić information content (AvgIpc) is 2.74. The van der Waals surface area contributed by atoms with Gasteiger partial charge in [0, 0.05) is 19.1 Å². The van der Waals surface area contributed by atoms with Gasteiger partial charge in [0.15, 0.2) is 0 Å². The van der Waals surface area contributed by atoms with Crippen LogP contribution >= 0.6 is 0 Å². The molecule has 156 valence electrons. The van der Waals surface area contributed by atoms with Crippen LogP contribution in [0.1, 0.15) is 16.8 Å². The van der Waals surface area contributed by atoms with Crippen molar-refractivity contribution in [3.8, 4) is 11.5 Å². The Labute approximate surface area is 168 Å². The standard InChI is InChI=1S/C20H24N2O7/c1-27-13-28-12-15(11-18(23)20(25)22-26)21-19(24)14-7-9-17(10-8-14)29-16-5-3-2-4-6-16/h2-10,15,18,23,26H,11-13H2,1H3,(H,21,24)(H,22,25)/t15-,18-/m0/s1. The van der Waals surface area contributed by atoms with Gasteiger partial charge in [-0.1, -0.05) is 18.2 Å². The number of ether oxygens (including phenoxy) is 3. The number of hydroxylamine groups is 1. The van der Waals surface area contributed by atoms with E-state index in [9.17, 15) is 14.7 Å². The van der Waals surface area contributed by atoms with Gasteiger partial charge in [-0.15, -0.1) is 0 Å². The molecule has 2 aromatic rings. The van der Waals surface area contributed by atoms with E-state index in [0.29, 0.717) is 17.1 Å². The molecule has 0 aliphatic heterocycles. The monoisotopic (exact) mass is 404 g/mol. The first-order chi connectivity index (χ1) is 14.0. The number of methoxy groups -OCH3 is 1. The summed E-state index contributed by atoms with van der Waals surface area (Å²) in [6.45, 7) is -0.00919. The van der Waals surface area contributed by atoms with E-state index in [-0.39, 0.29) is 19.8 Å². The molecule has 0 bridgehead atoms. The Morgan fingerprint density at radius 2 is 1.69 bits per heavy atom. The lowest BCUT2D eigenvalue weighted by atomic mass is 10.1. The van der Waals surface area contributed by atoms with Crippen LogP contribution in [0.5, 0.6) is 11.5 Å². The van der Waals surface area contributed by atoms with E-state index in [2.05, 4.69) is 5.32 Å². The topological polar surface area (TPSA) is 126 Å². The quantitative estimate of drug-likeness (QED) is 0.193. The van der Waals surface area contributed by atoms with E-state index in [1.165, 1.54) is 12.6 Å². The molecule has 0 aliphatic carbocycles. The molecule has 9 heteroatoms. The number of aliphatic hydroxyl groups excluding tert-OH is 1. The third kappa shape index (κ3) is 7.51. The number of amides is 2. The number of nitrogens with one attached hydrogen (secondary N) is 2. The summed E-state index contributed by atoms with van der Waals surface area (Å²) in [7, 11) is 1.45. The molecule has 4 N–H and O–H groups in total. The molecule has 2 aromatic carbocycles. The molecule has 0 fully saturated rings. The van der Waals surface area contributed by atoms with Gasteiger partial charge < -0.3 is 24.6 Å². The molecule has 2 amide bonds. The van der Waals surface area contributed by atoms with Gasteiger partial charge >= 0.3 is 0 Å². The highest BCUT2D eigenvalue weighted by atomic mass is 16.7. The van der Waals surface area contributed by atoms with Crippen molar-refractivity contribution in [3.63, 3.8) is 0 Å². The summed E-state index contributed by atoms with van der Waals surface area (Å²) in [5, 5.41) is 21.1. The Morgan fingerprint density at radius 1 is 1.03 bits per heavy atom. The number of hydrogen-bond acceptors (Lipinski definition) is 7. The van der Waals surface area contributed by atoms with E-state index in [1.807, 2.05) is 30.3 Å². The second-order valence-electron chi connectivity index (χ2n) is 6.11. The smallest absolute Gasteiger partial charge is 0.272 e. The molecule has 0 aliphatic rings. The Bertz CT molecular complexity index is 768. The summed E-state index contributed by atoms with van der Waals surface area (Å²) < 4.78 is 15.7. The zero-order chi connectivity index (χ0) is 21.1. The van der Waals surface area contributed by atoms with E-state index in [4.69, 9.17) is 19.4 Å². The molecule has 0 unspecified atom stereocenters. The fourth-order valence-corrected chi connectivity index (χ4v) is 2.46. The molecule has 2 rings (SSSR count). The van der Waals surface area contributed by atoms with Gasteiger partial charge in [-0.2, -0.15) is 0 Å². The number of carbonyl (C=O) groups excluding carboxylic acids is 2. The third-order valence-corrected chi connectivity index (χ3v) is 3.87.